The van der Waals surface area contributed by atoms with Crippen LogP contribution in [0.1, 0.15) is 18.2 Å². The molecule has 1 aromatic heterocycles. The highest BCUT2D eigenvalue weighted by Crippen LogP contribution is 2.27. The first-order chi connectivity index (χ1) is 9.13. The van der Waals surface area contributed by atoms with Crippen LogP contribution in [-0.4, -0.2) is 16.5 Å². The maximum atomic E-state index is 5.56. The Morgan fingerprint density at radius 1 is 1.26 bits per heavy atom. The molecule has 0 radical (unpaired) electrons. The Kier molecular flexibility index (Phi) is 4.12. The third-order valence-corrected chi connectivity index (χ3v) is 3.24. The highest BCUT2D eigenvalue weighted by Gasteiger charge is 2.10. The van der Waals surface area contributed by atoms with E-state index in [2.05, 4.69) is 35.9 Å². The van der Waals surface area contributed by atoms with Crippen molar-refractivity contribution in [1.82, 2.24) is 4.98 Å². The number of aryl methyl sites for hydroxylation is 1. The normalized spacial score (nSPS) is 10.2. The summed E-state index contributed by atoms with van der Waals surface area (Å²) in [5.41, 5.74) is 9.68. The van der Waals surface area contributed by atoms with Gasteiger partial charge < -0.3 is 10.6 Å². The molecule has 0 unspecified atom stereocenters. The SMILES string of the molecule is CCN(c1ccc(C(N)=S)nc1)c1ccccc1C. The zero-order valence-electron chi connectivity index (χ0n) is 11.1. The lowest BCUT2D eigenvalue weighted by molar-refractivity contribution is 1.01. The maximum Gasteiger partial charge on any atom is 0.122 e. The van der Waals surface area contributed by atoms with Gasteiger partial charge in [0, 0.05) is 12.2 Å². The van der Waals surface area contributed by atoms with Crippen molar-refractivity contribution >= 4 is 28.6 Å². The summed E-state index contributed by atoms with van der Waals surface area (Å²) in [6, 6.07) is 12.2. The number of pyridine rings is 1. The predicted octanol–water partition coefficient (Wildman–Crippen LogP) is 3.18. The van der Waals surface area contributed by atoms with Crippen LogP contribution in [0.15, 0.2) is 42.6 Å². The molecule has 2 N–H and O–H groups in total. The number of anilines is 2. The van der Waals surface area contributed by atoms with E-state index in [0.29, 0.717) is 10.7 Å². The zero-order chi connectivity index (χ0) is 13.8. The molecular formula is C15H17N3S. The average Bonchev–Trinajstić information content (AvgIpc) is 2.42. The Balaban J connectivity index is 2.37. The Morgan fingerprint density at radius 3 is 2.53 bits per heavy atom. The molecule has 2 aromatic rings. The highest BCUT2D eigenvalue weighted by atomic mass is 32.1. The van der Waals surface area contributed by atoms with Gasteiger partial charge in [0.2, 0.25) is 0 Å². The summed E-state index contributed by atoms with van der Waals surface area (Å²) in [6.07, 6.45) is 1.81. The lowest BCUT2D eigenvalue weighted by Crippen LogP contribution is -2.18. The second-order valence-corrected chi connectivity index (χ2v) is 4.74. The lowest BCUT2D eigenvalue weighted by atomic mass is 10.1. The van der Waals surface area contributed by atoms with Crippen molar-refractivity contribution in [2.75, 3.05) is 11.4 Å². The minimum atomic E-state index is 0.325. The minimum absolute atomic E-state index is 0.325. The van der Waals surface area contributed by atoms with Crippen LogP contribution in [0.5, 0.6) is 0 Å². The van der Waals surface area contributed by atoms with E-state index in [1.54, 1.807) is 0 Å². The summed E-state index contributed by atoms with van der Waals surface area (Å²) in [6.45, 7) is 5.10. The van der Waals surface area contributed by atoms with Gasteiger partial charge in [0.25, 0.3) is 0 Å². The standard InChI is InChI=1S/C15H17N3S/c1-3-18(14-7-5-4-6-11(14)2)12-8-9-13(15(16)19)17-10-12/h4-10H,3H2,1-2H3,(H2,16,19). The molecule has 0 bridgehead atoms. The lowest BCUT2D eigenvalue weighted by Gasteiger charge is -2.24. The van der Waals surface area contributed by atoms with Gasteiger partial charge in [0.1, 0.15) is 4.99 Å². The van der Waals surface area contributed by atoms with Gasteiger partial charge in [-0.15, -0.1) is 0 Å². The predicted molar refractivity (Wildman–Crippen MR) is 84.0 cm³/mol. The fourth-order valence-corrected chi connectivity index (χ4v) is 2.17. The van der Waals surface area contributed by atoms with E-state index in [9.17, 15) is 0 Å². The van der Waals surface area contributed by atoms with E-state index in [1.807, 2.05) is 30.5 Å². The van der Waals surface area contributed by atoms with E-state index >= 15 is 0 Å². The molecule has 0 atom stereocenters. The quantitative estimate of drug-likeness (QED) is 0.867. The molecule has 4 heteroatoms. The number of rotatable bonds is 4. The largest absolute Gasteiger partial charge is 0.388 e. The molecule has 0 fully saturated rings. The number of nitrogens with two attached hydrogens (primary N) is 1. The number of aromatic nitrogens is 1. The fourth-order valence-electron chi connectivity index (χ4n) is 2.05. The molecule has 3 nitrogen and oxygen atoms in total. The molecule has 19 heavy (non-hydrogen) atoms. The van der Waals surface area contributed by atoms with Crippen LogP contribution in [0.2, 0.25) is 0 Å². The van der Waals surface area contributed by atoms with Crippen molar-refractivity contribution in [3.63, 3.8) is 0 Å². The van der Waals surface area contributed by atoms with Crippen LogP contribution in [0, 0.1) is 6.92 Å². The molecule has 0 amide bonds. The molecule has 0 aliphatic carbocycles. The van der Waals surface area contributed by atoms with Crippen molar-refractivity contribution in [2.45, 2.75) is 13.8 Å². The number of nitrogens with zero attached hydrogens (tertiary/aromatic N) is 2. The second-order valence-electron chi connectivity index (χ2n) is 4.30. The summed E-state index contributed by atoms with van der Waals surface area (Å²) in [5, 5.41) is 0. The van der Waals surface area contributed by atoms with Crippen LogP contribution in [0.25, 0.3) is 0 Å². The number of para-hydroxylation sites is 1. The van der Waals surface area contributed by atoms with Crippen molar-refractivity contribution in [2.24, 2.45) is 5.73 Å². The number of hydrogen-bond acceptors (Lipinski definition) is 3. The Hall–Kier alpha value is -1.94. The van der Waals surface area contributed by atoms with Gasteiger partial charge in [-0.05, 0) is 37.6 Å². The zero-order valence-corrected chi connectivity index (χ0v) is 11.9. The van der Waals surface area contributed by atoms with Gasteiger partial charge in [-0.1, -0.05) is 30.4 Å². The van der Waals surface area contributed by atoms with Gasteiger partial charge >= 0.3 is 0 Å². The third-order valence-electron chi connectivity index (χ3n) is 3.03. The first kappa shape index (κ1) is 13.5. The molecule has 2 rings (SSSR count). The average molecular weight is 271 g/mol. The number of hydrogen-bond donors (Lipinski definition) is 1. The first-order valence-corrected chi connectivity index (χ1v) is 6.63. The van der Waals surface area contributed by atoms with Gasteiger partial charge in [0.15, 0.2) is 0 Å². The smallest absolute Gasteiger partial charge is 0.122 e. The van der Waals surface area contributed by atoms with Gasteiger partial charge in [-0.2, -0.15) is 0 Å². The van der Waals surface area contributed by atoms with Crippen LogP contribution < -0.4 is 10.6 Å². The molecule has 1 heterocycles. The highest BCUT2D eigenvalue weighted by molar-refractivity contribution is 7.80. The van der Waals surface area contributed by atoms with Crippen molar-refractivity contribution in [3.8, 4) is 0 Å². The maximum absolute atomic E-state index is 5.56. The minimum Gasteiger partial charge on any atom is -0.388 e. The topological polar surface area (TPSA) is 42.1 Å². The monoisotopic (exact) mass is 271 g/mol. The van der Waals surface area contributed by atoms with Crippen molar-refractivity contribution in [1.29, 1.82) is 0 Å². The van der Waals surface area contributed by atoms with Gasteiger partial charge in [0.05, 0.1) is 17.6 Å². The summed E-state index contributed by atoms with van der Waals surface area (Å²) in [7, 11) is 0. The fraction of sp³-hybridized carbons (Fsp3) is 0.200. The van der Waals surface area contributed by atoms with Gasteiger partial charge in [-0.25, -0.2) is 0 Å². The van der Waals surface area contributed by atoms with E-state index in [4.69, 9.17) is 18.0 Å². The Morgan fingerprint density at radius 2 is 2.00 bits per heavy atom. The third kappa shape index (κ3) is 2.90. The van der Waals surface area contributed by atoms with E-state index in [-0.39, 0.29) is 0 Å². The van der Waals surface area contributed by atoms with Crippen LogP contribution in [0.3, 0.4) is 0 Å². The summed E-state index contributed by atoms with van der Waals surface area (Å²) in [4.78, 5) is 6.83. The van der Waals surface area contributed by atoms with Gasteiger partial charge in [-0.3, -0.25) is 4.98 Å². The van der Waals surface area contributed by atoms with Crippen LogP contribution in [0.4, 0.5) is 11.4 Å². The Bertz CT molecular complexity index is 578. The number of thiocarbonyl (C=S) groups is 1. The van der Waals surface area contributed by atoms with Crippen LogP contribution in [-0.2, 0) is 0 Å². The van der Waals surface area contributed by atoms with Crippen molar-refractivity contribution in [3.05, 3.63) is 53.9 Å². The Labute approximate surface area is 119 Å². The molecule has 0 aliphatic heterocycles. The van der Waals surface area contributed by atoms with E-state index < -0.39 is 0 Å². The molecule has 0 spiro atoms. The number of benzene rings is 1. The molecule has 0 saturated heterocycles. The summed E-state index contributed by atoms with van der Waals surface area (Å²) in [5.74, 6) is 0. The molecule has 0 aliphatic rings. The van der Waals surface area contributed by atoms with E-state index in [0.717, 1.165) is 12.2 Å². The summed E-state index contributed by atoms with van der Waals surface area (Å²) < 4.78 is 0. The molecule has 0 saturated carbocycles. The summed E-state index contributed by atoms with van der Waals surface area (Å²) >= 11 is 4.92. The molecular weight excluding hydrogens is 254 g/mol. The molecule has 1 aromatic carbocycles. The van der Waals surface area contributed by atoms with E-state index in [1.165, 1.54) is 11.3 Å². The molecule has 98 valence electrons. The second kappa shape index (κ2) is 5.80. The first-order valence-electron chi connectivity index (χ1n) is 6.22. The van der Waals surface area contributed by atoms with Crippen molar-refractivity contribution < 1.29 is 0 Å². The van der Waals surface area contributed by atoms with Crippen LogP contribution >= 0.6 is 12.2 Å².